The number of Topliss-reactive ketones (excluding diaryl/α,β-unsaturated/α-hetero) is 2. The zero-order valence-corrected chi connectivity index (χ0v) is 12.6. The van der Waals surface area contributed by atoms with Crippen LogP contribution in [0.5, 0.6) is 0 Å². The van der Waals surface area contributed by atoms with Crippen LogP contribution in [0.25, 0.3) is 0 Å². The lowest BCUT2D eigenvalue weighted by atomic mass is 9.50. The average Bonchev–Trinajstić information content (AvgIpc) is 2.75. The predicted molar refractivity (Wildman–Crippen MR) is 77.1 cm³/mol. The van der Waals surface area contributed by atoms with Crippen LogP contribution in [-0.4, -0.2) is 11.6 Å². The summed E-state index contributed by atoms with van der Waals surface area (Å²) in [5.41, 5.74) is -0.00726. The quantitative estimate of drug-likeness (QED) is 0.673. The van der Waals surface area contributed by atoms with Crippen LogP contribution >= 0.6 is 0 Å². The van der Waals surface area contributed by atoms with E-state index in [1.54, 1.807) is 0 Å². The van der Waals surface area contributed by atoms with Gasteiger partial charge in [0.05, 0.1) is 0 Å². The molecule has 110 valence electrons. The predicted octanol–water partition coefficient (Wildman–Crippen LogP) is 3.78. The van der Waals surface area contributed by atoms with Gasteiger partial charge in [-0.2, -0.15) is 0 Å². The second-order valence-corrected chi connectivity index (χ2v) is 8.06. The first-order valence-electron chi connectivity index (χ1n) is 8.67. The summed E-state index contributed by atoms with van der Waals surface area (Å²) in [6.45, 7) is 2.24. The highest BCUT2D eigenvalue weighted by molar-refractivity contribution is 5.87. The first kappa shape index (κ1) is 13.0. The Morgan fingerprint density at radius 3 is 2.60 bits per heavy atom. The van der Waals surface area contributed by atoms with Crippen LogP contribution in [0, 0.1) is 35.0 Å². The first-order valence-corrected chi connectivity index (χ1v) is 8.67. The average molecular weight is 274 g/mol. The Hall–Kier alpha value is -0.660. The van der Waals surface area contributed by atoms with Crippen LogP contribution in [0.1, 0.15) is 64.7 Å². The lowest BCUT2D eigenvalue weighted by Crippen LogP contribution is -2.49. The summed E-state index contributed by atoms with van der Waals surface area (Å²) in [5.74, 6) is 4.25. The zero-order valence-electron chi connectivity index (χ0n) is 12.6. The van der Waals surface area contributed by atoms with Crippen molar-refractivity contribution in [2.45, 2.75) is 64.7 Å². The van der Waals surface area contributed by atoms with E-state index in [-0.39, 0.29) is 5.41 Å². The fourth-order valence-corrected chi connectivity index (χ4v) is 6.43. The molecule has 0 bridgehead atoms. The molecule has 0 heterocycles. The molecule has 20 heavy (non-hydrogen) atoms. The van der Waals surface area contributed by atoms with Crippen molar-refractivity contribution in [1.29, 1.82) is 0 Å². The number of hydrogen-bond acceptors (Lipinski definition) is 2. The van der Waals surface area contributed by atoms with Crippen molar-refractivity contribution >= 4 is 11.6 Å². The summed E-state index contributed by atoms with van der Waals surface area (Å²) in [6, 6.07) is 0. The van der Waals surface area contributed by atoms with Gasteiger partial charge in [-0.25, -0.2) is 0 Å². The second kappa shape index (κ2) is 4.42. The number of fused-ring (bicyclic) bond motifs is 5. The summed E-state index contributed by atoms with van der Waals surface area (Å²) in [5, 5.41) is 0. The molecule has 4 saturated carbocycles. The number of rotatable bonds is 0. The molecule has 0 spiro atoms. The lowest BCUT2D eigenvalue weighted by Gasteiger charge is -2.53. The van der Waals surface area contributed by atoms with Crippen molar-refractivity contribution in [3.63, 3.8) is 0 Å². The van der Waals surface area contributed by atoms with Gasteiger partial charge in [-0.05, 0) is 68.6 Å². The van der Waals surface area contributed by atoms with Gasteiger partial charge in [0.2, 0.25) is 0 Å². The number of ketones is 2. The van der Waals surface area contributed by atoms with Crippen LogP contribution in [0.2, 0.25) is 0 Å². The van der Waals surface area contributed by atoms with Gasteiger partial charge in [-0.15, -0.1) is 0 Å². The molecule has 2 heteroatoms. The van der Waals surface area contributed by atoms with E-state index in [2.05, 4.69) is 6.92 Å². The number of carbonyl (C=O) groups is 2. The Balaban J connectivity index is 1.62. The van der Waals surface area contributed by atoms with Crippen LogP contribution < -0.4 is 0 Å². The molecular formula is C18H26O2. The Labute approximate surface area is 121 Å². The molecule has 0 amide bonds. The van der Waals surface area contributed by atoms with E-state index in [0.717, 1.165) is 50.4 Å². The Bertz CT molecular complexity index is 454. The molecule has 4 aliphatic carbocycles. The molecule has 0 aromatic rings. The van der Waals surface area contributed by atoms with E-state index in [4.69, 9.17) is 0 Å². The van der Waals surface area contributed by atoms with Crippen molar-refractivity contribution < 1.29 is 9.59 Å². The molecule has 0 radical (unpaired) electrons. The zero-order chi connectivity index (χ0) is 13.9. The molecule has 4 fully saturated rings. The van der Waals surface area contributed by atoms with Crippen LogP contribution in [0.3, 0.4) is 0 Å². The van der Waals surface area contributed by atoms with Gasteiger partial charge in [0.15, 0.2) is 0 Å². The van der Waals surface area contributed by atoms with Gasteiger partial charge in [0, 0.05) is 24.2 Å². The highest BCUT2D eigenvalue weighted by Crippen LogP contribution is 2.60. The highest BCUT2D eigenvalue weighted by Gasteiger charge is 2.57. The van der Waals surface area contributed by atoms with E-state index in [0.29, 0.717) is 29.3 Å². The minimum Gasteiger partial charge on any atom is -0.299 e. The fraction of sp³-hybridized carbons (Fsp3) is 0.889. The smallest absolute Gasteiger partial charge is 0.139 e. The largest absolute Gasteiger partial charge is 0.299 e. The SMILES string of the molecule is C[C@]12CC[C@@H]3[C@H]4CCCC(=O)[C@H]4CC[C@H]3[C@@H]1CCC2=O. The third-order valence-corrected chi connectivity index (χ3v) is 7.45. The highest BCUT2D eigenvalue weighted by atomic mass is 16.1. The van der Waals surface area contributed by atoms with Crippen molar-refractivity contribution in [1.82, 2.24) is 0 Å². The molecule has 0 aromatic carbocycles. The van der Waals surface area contributed by atoms with Gasteiger partial charge >= 0.3 is 0 Å². The van der Waals surface area contributed by atoms with E-state index in [1.165, 1.54) is 19.3 Å². The molecule has 0 aliphatic heterocycles. The van der Waals surface area contributed by atoms with E-state index >= 15 is 0 Å². The standard InChI is InChI=1S/C18H26O2/c1-18-10-9-12-11-3-2-4-16(19)14(11)6-5-13(12)15(18)7-8-17(18)20/h11-15H,2-10H2,1H3/t11-,12-,13-,14+,15+,18+/m1/s1. The van der Waals surface area contributed by atoms with Gasteiger partial charge in [-0.1, -0.05) is 6.92 Å². The molecule has 4 rings (SSSR count). The van der Waals surface area contributed by atoms with Gasteiger partial charge in [-0.3, -0.25) is 9.59 Å². The van der Waals surface area contributed by atoms with Crippen molar-refractivity contribution in [2.75, 3.05) is 0 Å². The summed E-state index contributed by atoms with van der Waals surface area (Å²) < 4.78 is 0. The van der Waals surface area contributed by atoms with Crippen molar-refractivity contribution in [3.8, 4) is 0 Å². The minimum absolute atomic E-state index is 0.00726. The van der Waals surface area contributed by atoms with Crippen LogP contribution in [0.15, 0.2) is 0 Å². The van der Waals surface area contributed by atoms with Gasteiger partial charge < -0.3 is 0 Å². The summed E-state index contributed by atoms with van der Waals surface area (Å²) in [6.07, 6.45) is 9.79. The number of hydrogen-bond donors (Lipinski definition) is 0. The van der Waals surface area contributed by atoms with Gasteiger partial charge in [0.25, 0.3) is 0 Å². The van der Waals surface area contributed by atoms with Crippen LogP contribution in [0.4, 0.5) is 0 Å². The normalized spacial score (nSPS) is 51.4. The molecule has 0 N–H and O–H groups in total. The fourth-order valence-electron chi connectivity index (χ4n) is 6.43. The summed E-state index contributed by atoms with van der Waals surface area (Å²) >= 11 is 0. The Morgan fingerprint density at radius 1 is 0.900 bits per heavy atom. The third-order valence-electron chi connectivity index (χ3n) is 7.45. The van der Waals surface area contributed by atoms with Gasteiger partial charge in [0.1, 0.15) is 11.6 Å². The van der Waals surface area contributed by atoms with Crippen molar-refractivity contribution in [2.24, 2.45) is 35.0 Å². The third kappa shape index (κ3) is 1.63. The minimum atomic E-state index is -0.00726. The Kier molecular flexibility index (Phi) is 2.88. The van der Waals surface area contributed by atoms with E-state index < -0.39 is 0 Å². The van der Waals surface area contributed by atoms with Crippen molar-refractivity contribution in [3.05, 3.63) is 0 Å². The molecule has 0 unspecified atom stereocenters. The molecule has 4 aliphatic rings. The molecular weight excluding hydrogens is 248 g/mol. The van der Waals surface area contributed by atoms with E-state index in [1.807, 2.05) is 0 Å². The topological polar surface area (TPSA) is 34.1 Å². The summed E-state index contributed by atoms with van der Waals surface area (Å²) in [4.78, 5) is 24.5. The molecule has 6 atom stereocenters. The van der Waals surface area contributed by atoms with E-state index in [9.17, 15) is 9.59 Å². The molecule has 2 nitrogen and oxygen atoms in total. The maximum atomic E-state index is 12.3. The monoisotopic (exact) mass is 274 g/mol. The number of carbonyl (C=O) groups excluding carboxylic acids is 2. The maximum Gasteiger partial charge on any atom is 0.139 e. The lowest BCUT2D eigenvalue weighted by molar-refractivity contribution is -0.139. The molecule has 0 saturated heterocycles. The van der Waals surface area contributed by atoms with Crippen LogP contribution in [-0.2, 0) is 9.59 Å². The second-order valence-electron chi connectivity index (χ2n) is 8.06. The maximum absolute atomic E-state index is 12.3. The molecule has 0 aromatic heterocycles. The summed E-state index contributed by atoms with van der Waals surface area (Å²) in [7, 11) is 0. The first-order chi connectivity index (χ1) is 9.61. The Morgan fingerprint density at radius 2 is 1.75 bits per heavy atom.